The van der Waals surface area contributed by atoms with E-state index in [4.69, 9.17) is 18.9 Å². The van der Waals surface area contributed by atoms with Gasteiger partial charge in [-0.2, -0.15) is 0 Å². The maximum absolute atomic E-state index is 12.6. The van der Waals surface area contributed by atoms with Crippen molar-refractivity contribution in [2.24, 2.45) is 5.92 Å². The lowest BCUT2D eigenvalue weighted by molar-refractivity contribution is -0.155. The van der Waals surface area contributed by atoms with Crippen molar-refractivity contribution >= 4 is 34.0 Å². The highest BCUT2D eigenvalue weighted by atomic mass is 32.2. The average molecular weight is 587 g/mol. The van der Waals surface area contributed by atoms with E-state index in [1.54, 1.807) is 48.5 Å². The lowest BCUT2D eigenvalue weighted by Gasteiger charge is -2.25. The van der Waals surface area contributed by atoms with Gasteiger partial charge in [0.2, 0.25) is 0 Å². The van der Waals surface area contributed by atoms with E-state index in [0.29, 0.717) is 5.56 Å². The highest BCUT2D eigenvalue weighted by molar-refractivity contribution is 7.90. The van der Waals surface area contributed by atoms with Crippen molar-refractivity contribution < 1.29 is 46.5 Å². The fourth-order valence-electron chi connectivity index (χ4n) is 3.16. The van der Waals surface area contributed by atoms with E-state index in [1.807, 2.05) is 0 Å². The number of esters is 2. The maximum Gasteiger partial charge on any atom is 0.407 e. The molecule has 0 saturated carbocycles. The second kappa shape index (κ2) is 14.9. The third kappa shape index (κ3) is 14.7. The van der Waals surface area contributed by atoms with Gasteiger partial charge in [0, 0.05) is 25.3 Å². The number of benzene rings is 1. The molecule has 40 heavy (non-hydrogen) atoms. The largest absolute Gasteiger partial charge is 0.465 e. The summed E-state index contributed by atoms with van der Waals surface area (Å²) in [5.41, 5.74) is -0.861. The van der Waals surface area contributed by atoms with Crippen LogP contribution in [-0.4, -0.2) is 69.7 Å². The van der Waals surface area contributed by atoms with Gasteiger partial charge in [0.25, 0.3) is 0 Å². The smallest absolute Gasteiger partial charge is 0.407 e. The van der Waals surface area contributed by atoms with Crippen LogP contribution in [0.4, 0.5) is 9.59 Å². The number of carbonyl (C=O) groups excluding carboxylic acids is 4. The Labute approximate surface area is 236 Å². The number of ether oxygens (including phenoxy) is 4. The fraction of sp³-hybridized carbons (Fsp3) is 0.630. The third-order valence-electron chi connectivity index (χ3n) is 4.91. The topological polar surface area (TPSA) is 163 Å². The molecule has 0 fully saturated rings. The fourth-order valence-corrected chi connectivity index (χ4v) is 3.79. The Balaban J connectivity index is 2.79. The summed E-state index contributed by atoms with van der Waals surface area (Å²) in [6.45, 7) is 11.9. The predicted octanol–water partition coefficient (Wildman–Crippen LogP) is 3.68. The van der Waals surface area contributed by atoms with E-state index < -0.39 is 57.2 Å². The molecular formula is C27H42N2O10S. The first-order valence-corrected chi connectivity index (χ1v) is 14.7. The molecular weight excluding hydrogens is 544 g/mol. The quantitative estimate of drug-likeness (QED) is 0.273. The first-order valence-electron chi connectivity index (χ1n) is 12.9. The van der Waals surface area contributed by atoms with Gasteiger partial charge in [-0.25, -0.2) is 18.0 Å². The van der Waals surface area contributed by atoms with Crippen molar-refractivity contribution in [3.63, 3.8) is 0 Å². The van der Waals surface area contributed by atoms with Crippen LogP contribution in [0.15, 0.2) is 29.2 Å². The van der Waals surface area contributed by atoms with Crippen molar-refractivity contribution in [1.82, 2.24) is 10.6 Å². The number of hydrogen-bond donors (Lipinski definition) is 2. The summed E-state index contributed by atoms with van der Waals surface area (Å²) in [5.74, 6) is -1.73. The van der Waals surface area contributed by atoms with Gasteiger partial charge in [0.15, 0.2) is 9.84 Å². The summed E-state index contributed by atoms with van der Waals surface area (Å²) in [4.78, 5) is 48.4. The van der Waals surface area contributed by atoms with E-state index in [2.05, 4.69) is 10.6 Å². The molecule has 0 aromatic heterocycles. The molecule has 226 valence electrons. The minimum absolute atomic E-state index is 0.0120. The first-order chi connectivity index (χ1) is 18.3. The molecule has 1 rings (SSSR count). The lowest BCUT2D eigenvalue weighted by atomic mass is 9.98. The molecule has 0 heterocycles. The van der Waals surface area contributed by atoms with Gasteiger partial charge in [-0.15, -0.1) is 0 Å². The van der Waals surface area contributed by atoms with Crippen LogP contribution in [0, 0.1) is 5.92 Å². The molecule has 0 bridgehead atoms. The molecule has 1 aromatic rings. The van der Waals surface area contributed by atoms with E-state index in [-0.39, 0.29) is 37.4 Å². The standard InChI is InChI=1S/C27H42N2O10S/c1-18(17-36-21(30)13-15-28-24(32)38-26(2,3)4)23(19-9-11-20(12-10-19)40(8,34)35)37-22(31)14-16-29-25(33)39-27(5,6)7/h9-12,18,23H,13-17H2,1-8H3,(H,28,32)(H,29,33)/t18-,23+/m1/s1. The molecule has 1 aromatic carbocycles. The Hall–Kier alpha value is -3.35. The molecule has 0 radical (unpaired) electrons. The zero-order valence-corrected chi connectivity index (χ0v) is 25.3. The van der Waals surface area contributed by atoms with Gasteiger partial charge in [0.05, 0.1) is 24.3 Å². The Bertz CT molecular complexity index is 1120. The summed E-state index contributed by atoms with van der Waals surface area (Å²) in [6, 6.07) is 5.85. The number of amides is 2. The van der Waals surface area contributed by atoms with E-state index in [9.17, 15) is 27.6 Å². The zero-order chi connectivity index (χ0) is 30.7. The highest BCUT2D eigenvalue weighted by Crippen LogP contribution is 2.28. The van der Waals surface area contributed by atoms with Gasteiger partial charge in [-0.1, -0.05) is 19.1 Å². The maximum atomic E-state index is 12.6. The van der Waals surface area contributed by atoms with Crippen LogP contribution >= 0.6 is 0 Å². The van der Waals surface area contributed by atoms with Crippen molar-refractivity contribution in [3.05, 3.63) is 29.8 Å². The van der Waals surface area contributed by atoms with Crippen LogP contribution in [-0.2, 0) is 38.4 Å². The third-order valence-corrected chi connectivity index (χ3v) is 6.04. The Morgan fingerprint density at radius 2 is 1.25 bits per heavy atom. The number of carbonyl (C=O) groups is 4. The molecule has 0 aliphatic heterocycles. The van der Waals surface area contributed by atoms with Crippen LogP contribution in [0.25, 0.3) is 0 Å². The van der Waals surface area contributed by atoms with E-state index in [0.717, 1.165) is 6.26 Å². The normalized spacial score (nSPS) is 13.4. The van der Waals surface area contributed by atoms with Gasteiger partial charge in [-0.05, 0) is 59.2 Å². The van der Waals surface area contributed by atoms with E-state index >= 15 is 0 Å². The molecule has 2 N–H and O–H groups in total. The van der Waals surface area contributed by atoms with Crippen LogP contribution in [0.1, 0.15) is 73.0 Å². The van der Waals surface area contributed by atoms with Crippen LogP contribution in [0.3, 0.4) is 0 Å². The van der Waals surface area contributed by atoms with Crippen molar-refractivity contribution in [3.8, 4) is 0 Å². The Morgan fingerprint density at radius 1 is 0.800 bits per heavy atom. The van der Waals surface area contributed by atoms with E-state index in [1.165, 1.54) is 24.3 Å². The molecule has 2 amide bonds. The van der Waals surface area contributed by atoms with Crippen LogP contribution in [0.2, 0.25) is 0 Å². The van der Waals surface area contributed by atoms with Gasteiger partial charge >= 0.3 is 24.1 Å². The predicted molar refractivity (Wildman–Crippen MR) is 146 cm³/mol. The Kier molecular flexibility index (Phi) is 12.9. The summed E-state index contributed by atoms with van der Waals surface area (Å²) < 4.78 is 44.9. The average Bonchev–Trinajstić information content (AvgIpc) is 2.78. The first kappa shape index (κ1) is 34.7. The van der Waals surface area contributed by atoms with Crippen molar-refractivity contribution in [2.75, 3.05) is 26.0 Å². The monoisotopic (exact) mass is 586 g/mol. The lowest BCUT2D eigenvalue weighted by Crippen LogP contribution is -2.34. The molecule has 0 aliphatic rings. The summed E-state index contributed by atoms with van der Waals surface area (Å²) in [7, 11) is -3.44. The number of sulfone groups is 1. The second-order valence-electron chi connectivity index (χ2n) is 11.3. The number of rotatable bonds is 12. The Morgan fingerprint density at radius 3 is 1.68 bits per heavy atom. The minimum Gasteiger partial charge on any atom is -0.465 e. The molecule has 0 saturated heterocycles. The van der Waals surface area contributed by atoms with Crippen LogP contribution < -0.4 is 10.6 Å². The molecule has 0 spiro atoms. The molecule has 12 nitrogen and oxygen atoms in total. The number of nitrogens with one attached hydrogen (secondary N) is 2. The molecule has 13 heteroatoms. The number of hydrogen-bond acceptors (Lipinski definition) is 10. The highest BCUT2D eigenvalue weighted by Gasteiger charge is 2.26. The van der Waals surface area contributed by atoms with Crippen LogP contribution in [0.5, 0.6) is 0 Å². The number of alkyl carbamates (subject to hydrolysis) is 2. The van der Waals surface area contributed by atoms with Gasteiger partial charge in [-0.3, -0.25) is 9.59 Å². The van der Waals surface area contributed by atoms with Gasteiger partial charge < -0.3 is 29.6 Å². The molecule has 2 atom stereocenters. The van der Waals surface area contributed by atoms with Gasteiger partial charge in [0.1, 0.15) is 17.3 Å². The summed E-state index contributed by atoms with van der Waals surface area (Å²) >= 11 is 0. The summed E-state index contributed by atoms with van der Waals surface area (Å²) in [6.07, 6.45) is -1.38. The summed E-state index contributed by atoms with van der Waals surface area (Å²) in [5, 5.41) is 4.95. The van der Waals surface area contributed by atoms with Crippen molar-refractivity contribution in [2.45, 2.75) is 83.5 Å². The zero-order valence-electron chi connectivity index (χ0n) is 24.5. The minimum atomic E-state index is -3.44. The molecule has 0 aliphatic carbocycles. The second-order valence-corrected chi connectivity index (χ2v) is 13.3. The molecule has 0 unspecified atom stereocenters. The SMILES string of the molecule is C[C@H](COC(=O)CCNC(=O)OC(C)(C)C)[C@H](OC(=O)CCNC(=O)OC(C)(C)C)c1ccc(S(C)(=O)=O)cc1. The van der Waals surface area contributed by atoms with Crippen molar-refractivity contribution in [1.29, 1.82) is 0 Å².